The molecule has 0 aliphatic carbocycles. The normalized spacial score (nSPS) is 15.8. The molecule has 0 saturated heterocycles. The summed E-state index contributed by atoms with van der Waals surface area (Å²) in [6.07, 6.45) is 5.08. The molecule has 6 nitrogen and oxygen atoms in total. The zero-order valence-corrected chi connectivity index (χ0v) is 18.4. The fourth-order valence-electron chi connectivity index (χ4n) is 4.41. The lowest BCUT2D eigenvalue weighted by molar-refractivity contribution is 0.0720. The monoisotopic (exact) mass is 419 g/mol. The van der Waals surface area contributed by atoms with Crippen molar-refractivity contribution in [3.8, 4) is 0 Å². The summed E-state index contributed by atoms with van der Waals surface area (Å²) >= 11 is 0. The lowest BCUT2D eigenvalue weighted by Crippen LogP contribution is -2.33. The van der Waals surface area contributed by atoms with Gasteiger partial charge in [0, 0.05) is 18.9 Å². The van der Waals surface area contributed by atoms with Gasteiger partial charge in [0.25, 0.3) is 5.91 Å². The first kappa shape index (κ1) is 21.2. The largest absolute Gasteiger partial charge is 0.450 e. The van der Waals surface area contributed by atoms with Crippen molar-refractivity contribution >= 4 is 16.9 Å². The highest BCUT2D eigenvalue weighted by Gasteiger charge is 2.42. The van der Waals surface area contributed by atoms with Crippen LogP contribution in [0.2, 0.25) is 0 Å². The van der Waals surface area contributed by atoms with Gasteiger partial charge in [-0.25, -0.2) is 0 Å². The molecular weight excluding hydrogens is 390 g/mol. The molecule has 3 aromatic rings. The lowest BCUT2D eigenvalue weighted by Gasteiger charge is -2.26. The number of carbonyl (C=O) groups is 1. The van der Waals surface area contributed by atoms with E-state index in [1.165, 1.54) is 0 Å². The van der Waals surface area contributed by atoms with E-state index in [0.29, 0.717) is 23.1 Å². The number of aromatic nitrogens is 1. The SMILES string of the molecule is CCc1ccc2oc3c(c(=O)c2c1)C(c1cccnc1)N(CCCN(CC)CC)C3=O. The predicted octanol–water partition coefficient (Wildman–Crippen LogP) is 4.03. The Morgan fingerprint density at radius 2 is 1.94 bits per heavy atom. The Balaban J connectivity index is 1.79. The fraction of sp³-hybridized carbons (Fsp3) is 0.400. The average molecular weight is 420 g/mol. The number of hydrogen-bond acceptors (Lipinski definition) is 5. The second-order valence-electron chi connectivity index (χ2n) is 7.93. The first-order valence-electron chi connectivity index (χ1n) is 11.1. The average Bonchev–Trinajstić information content (AvgIpc) is 3.09. The minimum absolute atomic E-state index is 0.125. The van der Waals surface area contributed by atoms with Crippen LogP contribution >= 0.6 is 0 Å². The highest BCUT2D eigenvalue weighted by atomic mass is 16.3. The minimum atomic E-state index is -0.473. The van der Waals surface area contributed by atoms with E-state index in [1.54, 1.807) is 23.4 Å². The van der Waals surface area contributed by atoms with Crippen molar-refractivity contribution in [2.75, 3.05) is 26.2 Å². The van der Waals surface area contributed by atoms with E-state index in [-0.39, 0.29) is 17.1 Å². The Labute approximate surface area is 182 Å². The predicted molar refractivity (Wildman–Crippen MR) is 121 cm³/mol. The molecule has 0 spiro atoms. The number of hydrogen-bond donors (Lipinski definition) is 0. The molecule has 2 aromatic heterocycles. The molecule has 0 radical (unpaired) electrons. The summed E-state index contributed by atoms with van der Waals surface area (Å²) in [7, 11) is 0. The van der Waals surface area contributed by atoms with Gasteiger partial charge in [-0.15, -0.1) is 0 Å². The molecule has 162 valence electrons. The topological polar surface area (TPSA) is 66.7 Å². The first-order chi connectivity index (χ1) is 15.1. The summed E-state index contributed by atoms with van der Waals surface area (Å²) in [6, 6.07) is 8.91. The van der Waals surface area contributed by atoms with Crippen molar-refractivity contribution in [3.63, 3.8) is 0 Å². The van der Waals surface area contributed by atoms with Crippen LogP contribution in [0.25, 0.3) is 11.0 Å². The molecule has 1 unspecified atom stereocenters. The second kappa shape index (κ2) is 9.02. The smallest absolute Gasteiger partial charge is 0.290 e. The van der Waals surface area contributed by atoms with Crippen molar-refractivity contribution in [1.82, 2.24) is 14.8 Å². The van der Waals surface area contributed by atoms with Crippen LogP contribution in [0.4, 0.5) is 0 Å². The molecule has 31 heavy (non-hydrogen) atoms. The summed E-state index contributed by atoms with van der Waals surface area (Å²) in [6.45, 7) is 9.72. The van der Waals surface area contributed by atoms with E-state index in [4.69, 9.17) is 4.42 Å². The molecule has 4 rings (SSSR count). The number of benzene rings is 1. The van der Waals surface area contributed by atoms with E-state index in [9.17, 15) is 9.59 Å². The Bertz CT molecular complexity index is 1140. The molecule has 0 N–H and O–H groups in total. The summed E-state index contributed by atoms with van der Waals surface area (Å²) in [5, 5.41) is 0.532. The summed E-state index contributed by atoms with van der Waals surface area (Å²) < 4.78 is 6.03. The molecular formula is C25H29N3O3. The van der Waals surface area contributed by atoms with Gasteiger partial charge in [-0.05, 0) is 61.8 Å². The third-order valence-electron chi connectivity index (χ3n) is 6.21. The molecule has 1 amide bonds. The van der Waals surface area contributed by atoms with Gasteiger partial charge in [0.15, 0.2) is 5.43 Å². The number of aryl methyl sites for hydroxylation is 1. The van der Waals surface area contributed by atoms with E-state index in [1.807, 2.05) is 24.3 Å². The van der Waals surface area contributed by atoms with Crippen LogP contribution in [0.5, 0.6) is 0 Å². The standard InChI is InChI=1S/C25H29N3O3/c1-4-17-10-11-20-19(15-17)23(29)21-22(18-9-7-12-26-16-18)28(25(30)24(21)31-20)14-8-13-27(5-2)6-3/h7,9-12,15-16,22H,4-6,8,13-14H2,1-3H3. The van der Waals surface area contributed by atoms with Crippen LogP contribution in [0.3, 0.4) is 0 Å². The molecule has 6 heteroatoms. The zero-order chi connectivity index (χ0) is 22.0. The second-order valence-corrected chi connectivity index (χ2v) is 7.93. The summed E-state index contributed by atoms with van der Waals surface area (Å²) in [5.41, 5.74) is 2.67. The minimum Gasteiger partial charge on any atom is -0.450 e. The molecule has 1 aliphatic rings. The number of fused-ring (bicyclic) bond motifs is 2. The molecule has 1 aromatic carbocycles. The fourth-order valence-corrected chi connectivity index (χ4v) is 4.41. The summed E-state index contributed by atoms with van der Waals surface area (Å²) in [5.74, 6) is -0.0552. The number of pyridine rings is 1. The molecule has 0 fully saturated rings. The van der Waals surface area contributed by atoms with Gasteiger partial charge in [0.2, 0.25) is 5.76 Å². The molecule has 3 heterocycles. The van der Waals surface area contributed by atoms with Crippen LogP contribution < -0.4 is 5.43 Å². The Morgan fingerprint density at radius 1 is 1.13 bits per heavy atom. The third-order valence-corrected chi connectivity index (χ3v) is 6.21. The number of rotatable bonds is 8. The van der Waals surface area contributed by atoms with Crippen molar-refractivity contribution in [1.29, 1.82) is 0 Å². The number of nitrogens with zero attached hydrogens (tertiary/aromatic N) is 3. The summed E-state index contributed by atoms with van der Waals surface area (Å²) in [4.78, 5) is 35.3. The van der Waals surface area contributed by atoms with E-state index in [2.05, 4.69) is 30.7 Å². The van der Waals surface area contributed by atoms with Gasteiger partial charge in [-0.1, -0.05) is 32.9 Å². The van der Waals surface area contributed by atoms with Gasteiger partial charge >= 0.3 is 0 Å². The van der Waals surface area contributed by atoms with Crippen LogP contribution in [0.1, 0.15) is 60.5 Å². The molecule has 1 aliphatic heterocycles. The highest BCUT2D eigenvalue weighted by Crippen LogP contribution is 2.38. The molecule has 1 atom stereocenters. The first-order valence-corrected chi connectivity index (χ1v) is 11.1. The van der Waals surface area contributed by atoms with Crippen LogP contribution in [0.15, 0.2) is 51.9 Å². The Kier molecular flexibility index (Phi) is 6.18. The van der Waals surface area contributed by atoms with Gasteiger partial charge < -0.3 is 14.2 Å². The maximum atomic E-state index is 13.6. The van der Waals surface area contributed by atoms with Crippen LogP contribution in [-0.2, 0) is 6.42 Å². The van der Waals surface area contributed by atoms with Crippen LogP contribution in [0, 0.1) is 0 Å². The van der Waals surface area contributed by atoms with Gasteiger partial charge in [-0.3, -0.25) is 14.6 Å². The van der Waals surface area contributed by atoms with Crippen molar-refractivity contribution in [3.05, 3.63) is 75.4 Å². The van der Waals surface area contributed by atoms with Gasteiger partial charge in [-0.2, -0.15) is 0 Å². The lowest BCUT2D eigenvalue weighted by atomic mass is 9.99. The molecule has 0 saturated carbocycles. The Morgan fingerprint density at radius 3 is 2.61 bits per heavy atom. The van der Waals surface area contributed by atoms with Crippen molar-refractivity contribution < 1.29 is 9.21 Å². The Hall–Kier alpha value is -2.99. The third kappa shape index (κ3) is 3.88. The van der Waals surface area contributed by atoms with Crippen LogP contribution in [-0.4, -0.2) is 46.9 Å². The van der Waals surface area contributed by atoms with Crippen molar-refractivity contribution in [2.45, 2.75) is 39.7 Å². The highest BCUT2D eigenvalue weighted by molar-refractivity contribution is 5.99. The van der Waals surface area contributed by atoms with E-state index in [0.717, 1.165) is 43.6 Å². The van der Waals surface area contributed by atoms with Gasteiger partial charge in [0.1, 0.15) is 5.58 Å². The maximum absolute atomic E-state index is 13.6. The maximum Gasteiger partial charge on any atom is 0.290 e. The van der Waals surface area contributed by atoms with E-state index < -0.39 is 6.04 Å². The van der Waals surface area contributed by atoms with Gasteiger partial charge in [0.05, 0.1) is 17.0 Å². The molecule has 0 bridgehead atoms. The van der Waals surface area contributed by atoms with E-state index >= 15 is 0 Å². The number of carbonyl (C=O) groups excluding carboxylic acids is 1. The van der Waals surface area contributed by atoms with Crippen molar-refractivity contribution in [2.24, 2.45) is 0 Å². The quantitative estimate of drug-likeness (QED) is 0.552. The zero-order valence-electron chi connectivity index (χ0n) is 18.4. The number of amides is 1.